The number of benzene rings is 1. The Hall–Kier alpha value is -3.45. The van der Waals surface area contributed by atoms with Crippen LogP contribution in [0.15, 0.2) is 36.9 Å². The summed E-state index contributed by atoms with van der Waals surface area (Å²) in [5, 5.41) is 10.8. The number of nitrogens with two attached hydrogens (primary N) is 1. The first kappa shape index (κ1) is 23.3. The Kier molecular flexibility index (Phi) is 6.43. The maximum atomic E-state index is 12.4. The lowest BCUT2D eigenvalue weighted by atomic mass is 10.1. The van der Waals surface area contributed by atoms with Gasteiger partial charge in [0, 0.05) is 0 Å². The Bertz CT molecular complexity index is 1210. The van der Waals surface area contributed by atoms with E-state index in [1.165, 1.54) is 11.2 Å². The molecule has 1 fully saturated rings. The molecule has 2 aliphatic heterocycles. The van der Waals surface area contributed by atoms with E-state index in [1.807, 2.05) is 6.92 Å². The fourth-order valence-corrected chi connectivity index (χ4v) is 4.46. The highest BCUT2D eigenvalue weighted by Gasteiger charge is 2.45. The molecule has 0 radical (unpaired) electrons. The number of fused-ring (bicyclic) bond motifs is 2. The predicted octanol–water partition coefficient (Wildman–Crippen LogP) is 0.775. The fraction of sp³-hybridized carbons (Fsp3) is 0.435. The van der Waals surface area contributed by atoms with Crippen molar-refractivity contribution in [1.82, 2.24) is 24.4 Å². The van der Waals surface area contributed by atoms with Crippen LogP contribution in [0.5, 0.6) is 0 Å². The molecule has 0 spiro atoms. The smallest absolute Gasteiger partial charge is 0.261 e. The highest BCUT2D eigenvalue weighted by atomic mass is 16.6. The normalized spacial score (nSPS) is 24.0. The summed E-state index contributed by atoms with van der Waals surface area (Å²) in [7, 11) is 0. The molecule has 2 amide bonds. The van der Waals surface area contributed by atoms with Crippen LogP contribution in [0.2, 0.25) is 0 Å². The van der Waals surface area contributed by atoms with Crippen molar-refractivity contribution in [2.45, 2.75) is 37.9 Å². The number of nitrogens with zero attached hydrogens (tertiary/aromatic N) is 5. The highest BCUT2D eigenvalue weighted by Crippen LogP contribution is 2.35. The number of ether oxygens (including phenoxy) is 3. The van der Waals surface area contributed by atoms with Crippen molar-refractivity contribution in [3.05, 3.63) is 48.0 Å². The maximum Gasteiger partial charge on any atom is 0.261 e. The average Bonchev–Trinajstić information content (AvgIpc) is 3.51. The van der Waals surface area contributed by atoms with Gasteiger partial charge in [-0.25, -0.2) is 15.0 Å². The third kappa shape index (κ3) is 4.14. The monoisotopic (exact) mass is 482 g/mol. The largest absolute Gasteiger partial charge is 0.388 e. The summed E-state index contributed by atoms with van der Waals surface area (Å²) in [4.78, 5) is 38.5. The van der Waals surface area contributed by atoms with Crippen LogP contribution in [0.1, 0.15) is 40.3 Å². The molecule has 12 nitrogen and oxygen atoms in total. The minimum absolute atomic E-state index is 0.143. The first-order chi connectivity index (χ1) is 17.0. The summed E-state index contributed by atoms with van der Waals surface area (Å²) < 4.78 is 19.3. The molecule has 1 saturated heterocycles. The number of nitrogen functional groups attached to an aromatic ring is 1. The molecular weight excluding hydrogens is 456 g/mol. The molecule has 12 heteroatoms. The number of hydrogen-bond acceptors (Lipinski definition) is 10. The molecule has 1 aromatic carbocycles. The Morgan fingerprint density at radius 3 is 2.54 bits per heavy atom. The van der Waals surface area contributed by atoms with Crippen molar-refractivity contribution in [1.29, 1.82) is 0 Å². The minimum atomic E-state index is -0.861. The number of aliphatic hydroxyl groups is 1. The number of imide groups is 1. The third-order valence-corrected chi connectivity index (χ3v) is 6.25. The van der Waals surface area contributed by atoms with Crippen LogP contribution in [0.25, 0.3) is 11.2 Å². The lowest BCUT2D eigenvalue weighted by molar-refractivity contribution is -0.0798. The van der Waals surface area contributed by atoms with Crippen LogP contribution in [-0.4, -0.2) is 86.0 Å². The Morgan fingerprint density at radius 1 is 1.09 bits per heavy atom. The van der Waals surface area contributed by atoms with E-state index in [2.05, 4.69) is 15.0 Å². The van der Waals surface area contributed by atoms with Gasteiger partial charge in [0.15, 0.2) is 17.7 Å². The van der Waals surface area contributed by atoms with Crippen molar-refractivity contribution in [2.75, 3.05) is 32.1 Å². The number of amides is 2. The molecule has 35 heavy (non-hydrogen) atoms. The molecule has 5 rings (SSSR count). The van der Waals surface area contributed by atoms with Gasteiger partial charge in [0.2, 0.25) is 0 Å². The summed E-state index contributed by atoms with van der Waals surface area (Å²) in [6, 6.07) is 6.74. The topological polar surface area (TPSA) is 155 Å². The van der Waals surface area contributed by atoms with Crippen LogP contribution in [0.4, 0.5) is 5.82 Å². The molecule has 2 aliphatic rings. The molecule has 0 saturated carbocycles. The van der Waals surface area contributed by atoms with Crippen LogP contribution >= 0.6 is 0 Å². The Morgan fingerprint density at radius 2 is 1.83 bits per heavy atom. The van der Waals surface area contributed by atoms with Gasteiger partial charge in [0.25, 0.3) is 11.8 Å². The third-order valence-electron chi connectivity index (χ3n) is 6.25. The second kappa shape index (κ2) is 9.66. The molecule has 3 N–H and O–H groups in total. The number of hydrogen-bond donors (Lipinski definition) is 2. The van der Waals surface area contributed by atoms with Gasteiger partial charge in [-0.05, 0) is 18.6 Å². The van der Waals surface area contributed by atoms with Gasteiger partial charge >= 0.3 is 0 Å². The quantitative estimate of drug-likeness (QED) is 0.330. The summed E-state index contributed by atoms with van der Waals surface area (Å²) in [5.41, 5.74) is 7.63. The van der Waals surface area contributed by atoms with E-state index >= 15 is 0 Å². The number of carbonyl (C=O) groups excluding carboxylic acids is 2. The van der Waals surface area contributed by atoms with Crippen molar-refractivity contribution in [3.63, 3.8) is 0 Å². The SMILES string of the molecule is CC[C@H]1O[C@@H](n2cnc3c(N)ncnc32)[C@@H](OCCOCCN2C(=O)c3ccccc3C2=O)C1O. The van der Waals surface area contributed by atoms with E-state index in [0.717, 1.165) is 0 Å². The zero-order chi connectivity index (χ0) is 24.5. The number of anilines is 1. The molecule has 2 aromatic heterocycles. The van der Waals surface area contributed by atoms with Crippen LogP contribution in [0.3, 0.4) is 0 Å². The van der Waals surface area contributed by atoms with E-state index in [9.17, 15) is 14.7 Å². The lowest BCUT2D eigenvalue weighted by Gasteiger charge is -2.22. The van der Waals surface area contributed by atoms with Crippen molar-refractivity contribution >= 4 is 28.8 Å². The van der Waals surface area contributed by atoms with Crippen LogP contribution < -0.4 is 5.73 Å². The zero-order valence-corrected chi connectivity index (χ0v) is 19.1. The second-order valence-corrected chi connectivity index (χ2v) is 8.30. The molecule has 3 aromatic rings. The van der Waals surface area contributed by atoms with E-state index in [-0.39, 0.29) is 44.0 Å². The first-order valence-electron chi connectivity index (χ1n) is 11.4. The summed E-state index contributed by atoms with van der Waals surface area (Å²) >= 11 is 0. The van der Waals surface area contributed by atoms with Crippen molar-refractivity contribution < 1.29 is 28.9 Å². The number of aromatic nitrogens is 4. The Balaban J connectivity index is 1.16. The second-order valence-electron chi connectivity index (χ2n) is 8.30. The average molecular weight is 482 g/mol. The maximum absolute atomic E-state index is 12.4. The Labute approximate surface area is 200 Å². The molecular formula is C23H26N6O6. The molecule has 4 heterocycles. The minimum Gasteiger partial charge on any atom is -0.388 e. The molecule has 1 unspecified atom stereocenters. The number of imidazole rings is 1. The van der Waals surface area contributed by atoms with Gasteiger partial charge in [0.05, 0.1) is 49.9 Å². The summed E-state index contributed by atoms with van der Waals surface area (Å²) in [5.74, 6) is -0.382. The lowest BCUT2D eigenvalue weighted by Crippen LogP contribution is -2.35. The van der Waals surface area contributed by atoms with Crippen LogP contribution in [0, 0.1) is 0 Å². The summed E-state index contributed by atoms with van der Waals surface area (Å²) in [6.07, 6.45) is 0.853. The van der Waals surface area contributed by atoms with Gasteiger partial charge in [0.1, 0.15) is 24.1 Å². The van der Waals surface area contributed by atoms with E-state index < -0.39 is 24.5 Å². The first-order valence-corrected chi connectivity index (χ1v) is 11.4. The zero-order valence-electron chi connectivity index (χ0n) is 19.1. The van der Waals surface area contributed by atoms with Gasteiger partial charge in [-0.1, -0.05) is 19.1 Å². The standard InChI is InChI=1S/C23H26N6O6/c1-2-15-17(30)18(23(35-15)29-12-27-16-19(24)25-11-26-20(16)29)34-10-9-33-8-7-28-21(31)13-5-3-4-6-14(13)22(28)32/h3-6,11-12,15,17-18,23,30H,2,7-10H2,1H3,(H2,24,25,26)/t15-,17?,18+,23-/m1/s1. The highest BCUT2D eigenvalue weighted by molar-refractivity contribution is 6.21. The van der Waals surface area contributed by atoms with Crippen molar-refractivity contribution in [3.8, 4) is 0 Å². The molecule has 0 aliphatic carbocycles. The van der Waals surface area contributed by atoms with Gasteiger partial charge in [-0.3, -0.25) is 19.1 Å². The molecule has 184 valence electrons. The van der Waals surface area contributed by atoms with Crippen LogP contribution in [-0.2, 0) is 14.2 Å². The summed E-state index contributed by atoms with van der Waals surface area (Å²) in [6.45, 7) is 2.60. The van der Waals surface area contributed by atoms with E-state index in [0.29, 0.717) is 28.7 Å². The number of aliphatic hydroxyl groups excluding tert-OH is 1. The molecule has 0 bridgehead atoms. The van der Waals surface area contributed by atoms with Gasteiger partial charge in [-0.2, -0.15) is 0 Å². The van der Waals surface area contributed by atoms with Gasteiger partial charge in [-0.15, -0.1) is 0 Å². The number of rotatable bonds is 9. The predicted molar refractivity (Wildman–Crippen MR) is 122 cm³/mol. The van der Waals surface area contributed by atoms with E-state index in [1.54, 1.807) is 35.2 Å². The number of carbonyl (C=O) groups is 2. The van der Waals surface area contributed by atoms with Crippen molar-refractivity contribution in [2.24, 2.45) is 0 Å². The fourth-order valence-electron chi connectivity index (χ4n) is 4.46. The van der Waals surface area contributed by atoms with Gasteiger partial charge < -0.3 is 25.1 Å². The van der Waals surface area contributed by atoms with E-state index in [4.69, 9.17) is 19.9 Å². The molecule has 4 atom stereocenters.